The maximum atomic E-state index is 13.8. The molecule has 1 atom stereocenters. The van der Waals surface area contributed by atoms with Crippen molar-refractivity contribution < 1.29 is 22.4 Å². The summed E-state index contributed by atoms with van der Waals surface area (Å²) in [7, 11) is -4.19. The fraction of sp³-hybridized carbons (Fsp3) is 0.286. The number of rotatable bonds is 10. The molecule has 0 radical (unpaired) electrons. The van der Waals surface area contributed by atoms with Gasteiger partial charge in [-0.3, -0.25) is 13.9 Å². The Morgan fingerprint density at radius 2 is 1.63 bits per heavy atom. The molecule has 0 saturated carbocycles. The van der Waals surface area contributed by atoms with Gasteiger partial charge in [0.25, 0.3) is 10.0 Å². The van der Waals surface area contributed by atoms with Crippen LogP contribution in [-0.4, -0.2) is 44.3 Å². The van der Waals surface area contributed by atoms with Crippen molar-refractivity contribution in [1.82, 2.24) is 10.2 Å². The third-order valence-electron chi connectivity index (χ3n) is 6.12. The van der Waals surface area contributed by atoms with Gasteiger partial charge in [-0.15, -0.1) is 0 Å². The van der Waals surface area contributed by atoms with E-state index in [2.05, 4.69) is 5.32 Å². The van der Waals surface area contributed by atoms with Crippen LogP contribution >= 0.6 is 11.6 Å². The Morgan fingerprint density at radius 1 is 1.00 bits per heavy atom. The Bertz CT molecular complexity index is 1400. The molecule has 2 amide bonds. The molecule has 0 aliphatic carbocycles. The van der Waals surface area contributed by atoms with Gasteiger partial charge in [-0.1, -0.05) is 47.5 Å². The zero-order chi connectivity index (χ0) is 28.0. The summed E-state index contributed by atoms with van der Waals surface area (Å²) in [6.07, 6.45) is 0. The van der Waals surface area contributed by atoms with E-state index in [4.69, 9.17) is 11.6 Å². The molecule has 10 heteroatoms. The summed E-state index contributed by atoms with van der Waals surface area (Å²) in [5.41, 5.74) is 2.42. The summed E-state index contributed by atoms with van der Waals surface area (Å²) < 4.78 is 42.1. The Labute approximate surface area is 228 Å². The van der Waals surface area contributed by atoms with Gasteiger partial charge in [0.15, 0.2) is 0 Å². The maximum Gasteiger partial charge on any atom is 0.264 e. The van der Waals surface area contributed by atoms with Crippen LogP contribution in [-0.2, 0) is 26.2 Å². The molecular formula is C28H31ClFN3O4S. The largest absolute Gasteiger partial charge is 0.355 e. The average molecular weight is 560 g/mol. The summed E-state index contributed by atoms with van der Waals surface area (Å²) >= 11 is 6.32. The number of aryl methyl sites for hydroxylation is 2. The first-order valence-electron chi connectivity index (χ1n) is 12.1. The summed E-state index contributed by atoms with van der Waals surface area (Å²) in [6.45, 7) is 6.70. The van der Waals surface area contributed by atoms with E-state index in [0.29, 0.717) is 17.1 Å². The second-order valence-corrected chi connectivity index (χ2v) is 11.2. The average Bonchev–Trinajstić information content (AvgIpc) is 2.88. The highest BCUT2D eigenvalue weighted by Gasteiger charge is 2.32. The molecule has 202 valence electrons. The molecule has 0 aliphatic rings. The van der Waals surface area contributed by atoms with Gasteiger partial charge in [0.05, 0.1) is 10.6 Å². The molecule has 0 bridgehead atoms. The fourth-order valence-corrected chi connectivity index (χ4v) is 5.37. The van der Waals surface area contributed by atoms with Gasteiger partial charge < -0.3 is 10.2 Å². The van der Waals surface area contributed by atoms with Gasteiger partial charge in [0.1, 0.15) is 18.4 Å². The third-order valence-corrected chi connectivity index (χ3v) is 8.31. The summed E-state index contributed by atoms with van der Waals surface area (Å²) in [5.74, 6) is -1.44. The molecule has 3 rings (SSSR count). The third kappa shape index (κ3) is 6.90. The lowest BCUT2D eigenvalue weighted by molar-refractivity contribution is -0.139. The molecule has 0 saturated heterocycles. The van der Waals surface area contributed by atoms with Crippen LogP contribution in [0.1, 0.15) is 30.5 Å². The minimum absolute atomic E-state index is 0.00876. The van der Waals surface area contributed by atoms with Gasteiger partial charge in [0.2, 0.25) is 11.8 Å². The molecule has 3 aromatic rings. The maximum absolute atomic E-state index is 13.8. The number of nitrogens with one attached hydrogen (secondary N) is 1. The van der Waals surface area contributed by atoms with E-state index in [9.17, 15) is 22.4 Å². The van der Waals surface area contributed by atoms with Gasteiger partial charge in [0, 0.05) is 18.1 Å². The molecule has 0 aliphatic heterocycles. The monoisotopic (exact) mass is 559 g/mol. The van der Waals surface area contributed by atoms with E-state index in [-0.39, 0.29) is 17.1 Å². The van der Waals surface area contributed by atoms with Crippen molar-refractivity contribution in [2.75, 3.05) is 17.4 Å². The van der Waals surface area contributed by atoms with Gasteiger partial charge >= 0.3 is 0 Å². The standard InChI is InChI=1S/C28H31ClFN3O4S/c1-5-31-28(35)21(4)32(17-22-9-11-23(30)12-10-22)27(34)18-33(24-13-8-20(3)26(29)16-24)38(36,37)25-14-6-19(2)7-15-25/h6-16,21H,5,17-18H2,1-4H3,(H,31,35). The zero-order valence-corrected chi connectivity index (χ0v) is 23.3. The Kier molecular flexibility index (Phi) is 9.51. The van der Waals surface area contributed by atoms with Crippen LogP contribution in [0.25, 0.3) is 0 Å². The van der Waals surface area contributed by atoms with Crippen LogP contribution in [0, 0.1) is 19.7 Å². The molecule has 7 nitrogen and oxygen atoms in total. The van der Waals surface area contributed by atoms with Crippen molar-refractivity contribution in [2.24, 2.45) is 0 Å². The van der Waals surface area contributed by atoms with E-state index in [0.717, 1.165) is 15.4 Å². The normalized spacial score (nSPS) is 12.1. The number of carbonyl (C=O) groups excluding carboxylic acids is 2. The second kappa shape index (κ2) is 12.4. The van der Waals surface area contributed by atoms with E-state index in [1.807, 2.05) is 6.92 Å². The molecule has 38 heavy (non-hydrogen) atoms. The molecular weight excluding hydrogens is 529 g/mol. The van der Waals surface area contributed by atoms with Crippen LogP contribution in [0.15, 0.2) is 71.6 Å². The van der Waals surface area contributed by atoms with Gasteiger partial charge in [-0.25, -0.2) is 12.8 Å². The van der Waals surface area contributed by atoms with Crippen molar-refractivity contribution in [2.45, 2.75) is 45.2 Å². The summed E-state index contributed by atoms with van der Waals surface area (Å²) in [5, 5.41) is 3.04. The van der Waals surface area contributed by atoms with Crippen molar-refractivity contribution in [3.63, 3.8) is 0 Å². The van der Waals surface area contributed by atoms with Gasteiger partial charge in [-0.05, 0) is 75.2 Å². The predicted octanol–water partition coefficient (Wildman–Crippen LogP) is 4.84. The van der Waals surface area contributed by atoms with E-state index in [1.54, 1.807) is 45.0 Å². The summed E-state index contributed by atoms with van der Waals surface area (Å²) in [6, 6.07) is 15.7. The number of anilines is 1. The van der Waals surface area contributed by atoms with Crippen molar-refractivity contribution in [3.05, 3.63) is 94.3 Å². The SMILES string of the molecule is CCNC(=O)C(C)N(Cc1ccc(F)cc1)C(=O)CN(c1ccc(C)c(Cl)c1)S(=O)(=O)c1ccc(C)cc1. The fourth-order valence-electron chi connectivity index (χ4n) is 3.79. The van der Waals surface area contributed by atoms with Crippen LogP contribution in [0.3, 0.4) is 0 Å². The van der Waals surface area contributed by atoms with Crippen LogP contribution in [0.2, 0.25) is 5.02 Å². The molecule has 1 N–H and O–H groups in total. The minimum atomic E-state index is -4.19. The molecule has 3 aromatic carbocycles. The summed E-state index contributed by atoms with van der Waals surface area (Å²) in [4.78, 5) is 27.8. The first-order chi connectivity index (χ1) is 17.9. The number of sulfonamides is 1. The number of nitrogens with zero attached hydrogens (tertiary/aromatic N) is 2. The first kappa shape index (κ1) is 29.1. The minimum Gasteiger partial charge on any atom is -0.355 e. The van der Waals surface area contributed by atoms with E-state index < -0.39 is 40.2 Å². The van der Waals surface area contributed by atoms with Crippen LogP contribution < -0.4 is 9.62 Å². The molecule has 0 aromatic heterocycles. The van der Waals surface area contributed by atoms with Crippen molar-refractivity contribution in [3.8, 4) is 0 Å². The van der Waals surface area contributed by atoms with Crippen LogP contribution in [0.5, 0.6) is 0 Å². The lowest BCUT2D eigenvalue weighted by Crippen LogP contribution is -2.51. The van der Waals surface area contributed by atoms with E-state index >= 15 is 0 Å². The van der Waals surface area contributed by atoms with Crippen LogP contribution in [0.4, 0.5) is 10.1 Å². The number of hydrogen-bond donors (Lipinski definition) is 1. The Morgan fingerprint density at radius 3 is 2.21 bits per heavy atom. The number of benzene rings is 3. The second-order valence-electron chi connectivity index (χ2n) is 8.98. The number of halogens is 2. The van der Waals surface area contributed by atoms with Crippen molar-refractivity contribution in [1.29, 1.82) is 0 Å². The highest BCUT2D eigenvalue weighted by Crippen LogP contribution is 2.28. The highest BCUT2D eigenvalue weighted by molar-refractivity contribution is 7.92. The lowest BCUT2D eigenvalue weighted by Gasteiger charge is -2.32. The zero-order valence-electron chi connectivity index (χ0n) is 21.7. The van der Waals surface area contributed by atoms with Gasteiger partial charge in [-0.2, -0.15) is 0 Å². The number of amides is 2. The smallest absolute Gasteiger partial charge is 0.264 e. The number of carbonyl (C=O) groups is 2. The highest BCUT2D eigenvalue weighted by atomic mass is 35.5. The lowest BCUT2D eigenvalue weighted by atomic mass is 10.1. The Hall–Kier alpha value is -3.43. The first-order valence-corrected chi connectivity index (χ1v) is 13.9. The van der Waals surface area contributed by atoms with E-state index in [1.165, 1.54) is 47.4 Å². The molecule has 0 heterocycles. The Balaban J connectivity index is 2.05. The predicted molar refractivity (Wildman–Crippen MR) is 147 cm³/mol. The quantitative estimate of drug-likeness (QED) is 0.385. The number of hydrogen-bond acceptors (Lipinski definition) is 4. The molecule has 1 unspecified atom stereocenters. The molecule has 0 spiro atoms. The van der Waals surface area contributed by atoms with Crippen molar-refractivity contribution >= 4 is 39.1 Å². The molecule has 0 fully saturated rings. The number of likely N-dealkylation sites (N-methyl/N-ethyl adjacent to an activating group) is 1. The topological polar surface area (TPSA) is 86.8 Å².